The van der Waals surface area contributed by atoms with E-state index in [0.717, 1.165) is 0 Å². The minimum Gasteiger partial charge on any atom is -0.494 e. The molecule has 0 spiro atoms. The van der Waals surface area contributed by atoms with Crippen molar-refractivity contribution in [1.29, 1.82) is 0 Å². The van der Waals surface area contributed by atoms with Crippen molar-refractivity contribution >= 4 is 0 Å². The van der Waals surface area contributed by atoms with Crippen LogP contribution in [0.1, 0.15) is 19.7 Å². The SMILES string of the molecule is CNC(Cc1nc(-c2ccc(F)c(OC)c2)no1)C(C)C. The number of methoxy groups -OCH3 is 1. The van der Waals surface area contributed by atoms with E-state index in [0.29, 0.717) is 29.6 Å². The van der Waals surface area contributed by atoms with E-state index in [2.05, 4.69) is 29.3 Å². The molecule has 5 nitrogen and oxygen atoms in total. The molecule has 2 rings (SSSR count). The highest BCUT2D eigenvalue weighted by molar-refractivity contribution is 5.57. The van der Waals surface area contributed by atoms with Crippen molar-refractivity contribution in [2.75, 3.05) is 14.2 Å². The number of hydrogen-bond donors (Lipinski definition) is 1. The second-order valence-corrected chi connectivity index (χ2v) is 5.20. The fourth-order valence-electron chi connectivity index (χ4n) is 2.11. The van der Waals surface area contributed by atoms with Gasteiger partial charge in [-0.3, -0.25) is 0 Å². The molecule has 0 aliphatic rings. The van der Waals surface area contributed by atoms with Crippen LogP contribution in [0.3, 0.4) is 0 Å². The number of halogens is 1. The van der Waals surface area contributed by atoms with Crippen LogP contribution >= 0.6 is 0 Å². The quantitative estimate of drug-likeness (QED) is 0.887. The summed E-state index contributed by atoms with van der Waals surface area (Å²) in [4.78, 5) is 4.36. The molecule has 2 aromatic rings. The fourth-order valence-corrected chi connectivity index (χ4v) is 2.11. The number of benzene rings is 1. The van der Waals surface area contributed by atoms with Gasteiger partial charge in [0.1, 0.15) is 0 Å². The number of hydrogen-bond acceptors (Lipinski definition) is 5. The van der Waals surface area contributed by atoms with Crippen molar-refractivity contribution in [3.05, 3.63) is 29.9 Å². The Kier molecular flexibility index (Phi) is 4.90. The summed E-state index contributed by atoms with van der Waals surface area (Å²) in [5.41, 5.74) is 0.661. The zero-order chi connectivity index (χ0) is 15.4. The number of likely N-dealkylation sites (N-methyl/N-ethyl adjacent to an activating group) is 1. The number of nitrogens with one attached hydrogen (secondary N) is 1. The van der Waals surface area contributed by atoms with Crippen LogP contribution in [0, 0.1) is 11.7 Å². The van der Waals surface area contributed by atoms with Gasteiger partial charge >= 0.3 is 0 Å². The van der Waals surface area contributed by atoms with Gasteiger partial charge in [-0.1, -0.05) is 19.0 Å². The summed E-state index contributed by atoms with van der Waals surface area (Å²) in [7, 11) is 3.33. The predicted octanol–water partition coefficient (Wildman–Crippen LogP) is 2.67. The minimum absolute atomic E-state index is 0.161. The van der Waals surface area contributed by atoms with Gasteiger partial charge < -0.3 is 14.6 Å². The first-order valence-corrected chi connectivity index (χ1v) is 6.89. The van der Waals surface area contributed by atoms with Crippen LogP contribution in [-0.4, -0.2) is 30.3 Å². The van der Waals surface area contributed by atoms with Crippen molar-refractivity contribution in [2.45, 2.75) is 26.3 Å². The summed E-state index contributed by atoms with van der Waals surface area (Å²) in [5.74, 6) is 1.19. The summed E-state index contributed by atoms with van der Waals surface area (Å²) in [6.07, 6.45) is 0.652. The van der Waals surface area contributed by atoms with Gasteiger partial charge in [-0.05, 0) is 31.2 Å². The van der Waals surface area contributed by atoms with Gasteiger partial charge in [0, 0.05) is 18.0 Å². The normalized spacial score (nSPS) is 12.7. The molecule has 1 aromatic carbocycles. The first-order chi connectivity index (χ1) is 10.0. The van der Waals surface area contributed by atoms with E-state index in [4.69, 9.17) is 9.26 Å². The van der Waals surface area contributed by atoms with Crippen molar-refractivity contribution in [3.8, 4) is 17.1 Å². The van der Waals surface area contributed by atoms with E-state index < -0.39 is 5.82 Å². The molecule has 1 aromatic heterocycles. The highest BCUT2D eigenvalue weighted by Crippen LogP contribution is 2.24. The largest absolute Gasteiger partial charge is 0.494 e. The maximum absolute atomic E-state index is 13.4. The minimum atomic E-state index is -0.417. The van der Waals surface area contributed by atoms with E-state index in [1.165, 1.54) is 13.2 Å². The van der Waals surface area contributed by atoms with Crippen LogP contribution < -0.4 is 10.1 Å². The van der Waals surface area contributed by atoms with Crippen molar-refractivity contribution in [2.24, 2.45) is 5.92 Å². The fraction of sp³-hybridized carbons (Fsp3) is 0.467. The Morgan fingerprint density at radius 3 is 2.76 bits per heavy atom. The van der Waals surface area contributed by atoms with Crippen LogP contribution in [0.4, 0.5) is 4.39 Å². The third-order valence-corrected chi connectivity index (χ3v) is 3.45. The van der Waals surface area contributed by atoms with Crippen LogP contribution in [0.25, 0.3) is 11.4 Å². The lowest BCUT2D eigenvalue weighted by atomic mass is 10.0. The van der Waals surface area contributed by atoms with Crippen LogP contribution in [0.15, 0.2) is 22.7 Å². The Labute approximate surface area is 123 Å². The topological polar surface area (TPSA) is 60.2 Å². The van der Waals surface area contributed by atoms with Gasteiger partial charge in [0.05, 0.1) is 7.11 Å². The summed E-state index contributed by atoms with van der Waals surface area (Å²) in [5, 5.41) is 7.17. The lowest BCUT2D eigenvalue weighted by Gasteiger charge is -2.17. The monoisotopic (exact) mass is 293 g/mol. The lowest BCUT2D eigenvalue weighted by molar-refractivity contribution is 0.335. The number of ether oxygens (including phenoxy) is 1. The van der Waals surface area contributed by atoms with Gasteiger partial charge in [0.25, 0.3) is 0 Å². The van der Waals surface area contributed by atoms with E-state index >= 15 is 0 Å². The number of nitrogens with zero attached hydrogens (tertiary/aromatic N) is 2. The van der Waals surface area contributed by atoms with Gasteiger partial charge in [-0.2, -0.15) is 4.98 Å². The Morgan fingerprint density at radius 2 is 2.14 bits per heavy atom. The van der Waals surface area contributed by atoms with Crippen molar-refractivity contribution in [3.63, 3.8) is 0 Å². The maximum Gasteiger partial charge on any atom is 0.228 e. The molecule has 0 aliphatic heterocycles. The van der Waals surface area contributed by atoms with E-state index in [-0.39, 0.29) is 11.8 Å². The third-order valence-electron chi connectivity index (χ3n) is 3.45. The zero-order valence-corrected chi connectivity index (χ0v) is 12.7. The van der Waals surface area contributed by atoms with Crippen molar-refractivity contribution in [1.82, 2.24) is 15.5 Å². The molecule has 1 unspecified atom stereocenters. The first-order valence-electron chi connectivity index (χ1n) is 6.89. The Morgan fingerprint density at radius 1 is 1.38 bits per heavy atom. The highest BCUT2D eigenvalue weighted by atomic mass is 19.1. The molecule has 6 heteroatoms. The summed E-state index contributed by atoms with van der Waals surface area (Å²) in [6, 6.07) is 4.75. The van der Waals surface area contributed by atoms with Crippen LogP contribution in [0.5, 0.6) is 5.75 Å². The van der Waals surface area contributed by atoms with Crippen LogP contribution in [-0.2, 0) is 6.42 Å². The maximum atomic E-state index is 13.4. The Bertz CT molecular complexity index is 598. The van der Waals surface area contributed by atoms with Gasteiger partial charge in [-0.15, -0.1) is 0 Å². The molecule has 0 bridgehead atoms. The molecule has 0 fully saturated rings. The van der Waals surface area contributed by atoms with Crippen molar-refractivity contribution < 1.29 is 13.7 Å². The summed E-state index contributed by atoms with van der Waals surface area (Å²) >= 11 is 0. The molecule has 1 N–H and O–H groups in total. The average Bonchev–Trinajstić information content (AvgIpc) is 2.93. The molecular formula is C15H20FN3O2. The average molecular weight is 293 g/mol. The van der Waals surface area contributed by atoms with Gasteiger partial charge in [0.2, 0.25) is 11.7 Å². The molecular weight excluding hydrogens is 273 g/mol. The smallest absolute Gasteiger partial charge is 0.228 e. The molecule has 0 saturated carbocycles. The Hall–Kier alpha value is -1.95. The molecule has 0 saturated heterocycles. The highest BCUT2D eigenvalue weighted by Gasteiger charge is 2.17. The molecule has 1 heterocycles. The zero-order valence-electron chi connectivity index (χ0n) is 12.7. The van der Waals surface area contributed by atoms with E-state index in [9.17, 15) is 4.39 Å². The standard InChI is InChI=1S/C15H20FN3O2/c1-9(2)12(17-3)8-14-18-15(19-21-14)10-5-6-11(16)13(7-10)20-4/h5-7,9,12,17H,8H2,1-4H3. The second-order valence-electron chi connectivity index (χ2n) is 5.20. The molecule has 114 valence electrons. The Balaban J connectivity index is 2.19. The van der Waals surface area contributed by atoms with Gasteiger partial charge in [0.15, 0.2) is 11.6 Å². The lowest BCUT2D eigenvalue weighted by Crippen LogP contribution is -2.32. The predicted molar refractivity (Wildman–Crippen MR) is 77.6 cm³/mol. The second kappa shape index (κ2) is 6.67. The molecule has 0 amide bonds. The van der Waals surface area contributed by atoms with Crippen LogP contribution in [0.2, 0.25) is 0 Å². The molecule has 0 aliphatic carbocycles. The summed E-state index contributed by atoms with van der Waals surface area (Å²) < 4.78 is 23.6. The van der Waals surface area contributed by atoms with E-state index in [1.54, 1.807) is 12.1 Å². The number of rotatable bonds is 6. The van der Waals surface area contributed by atoms with E-state index in [1.807, 2.05) is 7.05 Å². The van der Waals surface area contributed by atoms with Gasteiger partial charge in [-0.25, -0.2) is 4.39 Å². The third kappa shape index (κ3) is 3.58. The molecule has 21 heavy (non-hydrogen) atoms. The number of aromatic nitrogens is 2. The molecule has 0 radical (unpaired) electrons. The molecule has 1 atom stereocenters. The summed E-state index contributed by atoms with van der Waals surface area (Å²) in [6.45, 7) is 4.26. The first kappa shape index (κ1) is 15.4.